The van der Waals surface area contributed by atoms with Crippen molar-refractivity contribution in [2.45, 2.75) is 26.1 Å². The largest absolute Gasteiger partial charge is 0.416 e. The molecule has 0 aliphatic heterocycles. The fraction of sp³-hybridized carbons (Fsp3) is 0.385. The summed E-state index contributed by atoms with van der Waals surface area (Å²) >= 11 is 4.76. The van der Waals surface area contributed by atoms with Gasteiger partial charge in [0.25, 0.3) is 0 Å². The molecule has 0 spiro atoms. The molecule has 0 bridgehead atoms. The Hall–Kier alpha value is -1.63. The first-order chi connectivity index (χ1) is 9.25. The van der Waals surface area contributed by atoms with Crippen LogP contribution in [-0.2, 0) is 17.5 Å². The van der Waals surface area contributed by atoms with Gasteiger partial charge in [0.05, 0.1) is 16.5 Å². The molecule has 1 atom stereocenters. The second-order valence-corrected chi connectivity index (χ2v) is 4.75. The number of rotatable bonds is 5. The quantitative estimate of drug-likeness (QED) is 0.822. The van der Waals surface area contributed by atoms with Crippen LogP contribution in [-0.4, -0.2) is 10.9 Å². The van der Waals surface area contributed by atoms with E-state index in [1.807, 2.05) is 0 Å². The van der Waals surface area contributed by atoms with Crippen molar-refractivity contribution in [2.75, 3.05) is 0 Å². The highest BCUT2D eigenvalue weighted by Gasteiger charge is 2.30. The zero-order chi connectivity index (χ0) is 15.3. The molecule has 0 aromatic heterocycles. The van der Waals surface area contributed by atoms with E-state index in [9.17, 15) is 18.0 Å². The van der Waals surface area contributed by atoms with Gasteiger partial charge in [-0.25, -0.2) is 0 Å². The SMILES string of the molecule is CCC(C(=O)NCc1cccc(C(F)(F)F)c1)C(N)=S. The van der Waals surface area contributed by atoms with E-state index in [4.69, 9.17) is 18.0 Å². The average Bonchev–Trinajstić information content (AvgIpc) is 2.36. The molecule has 0 fully saturated rings. The number of carbonyl (C=O) groups is 1. The third-order valence-corrected chi connectivity index (χ3v) is 3.07. The topological polar surface area (TPSA) is 55.1 Å². The lowest BCUT2D eigenvalue weighted by Crippen LogP contribution is -2.37. The molecule has 0 radical (unpaired) electrons. The van der Waals surface area contributed by atoms with Crippen LogP contribution in [0.2, 0.25) is 0 Å². The number of nitrogens with one attached hydrogen (secondary N) is 1. The van der Waals surface area contributed by atoms with Crippen molar-refractivity contribution in [3.8, 4) is 0 Å². The average molecular weight is 304 g/mol. The zero-order valence-electron chi connectivity index (χ0n) is 10.8. The summed E-state index contributed by atoms with van der Waals surface area (Å²) in [6.07, 6.45) is -3.95. The molecule has 1 aromatic carbocycles. The molecule has 0 aliphatic carbocycles. The number of benzene rings is 1. The molecule has 1 unspecified atom stereocenters. The summed E-state index contributed by atoms with van der Waals surface area (Å²) in [5.41, 5.74) is 5.04. The molecule has 0 heterocycles. The van der Waals surface area contributed by atoms with Crippen molar-refractivity contribution in [2.24, 2.45) is 11.7 Å². The highest BCUT2D eigenvalue weighted by molar-refractivity contribution is 7.80. The summed E-state index contributed by atoms with van der Waals surface area (Å²) in [5.74, 6) is -0.979. The Morgan fingerprint density at radius 2 is 2.10 bits per heavy atom. The van der Waals surface area contributed by atoms with E-state index in [1.165, 1.54) is 12.1 Å². The maximum absolute atomic E-state index is 12.5. The van der Waals surface area contributed by atoms with Crippen LogP contribution in [0.25, 0.3) is 0 Å². The molecule has 1 rings (SSSR count). The third kappa shape index (κ3) is 4.48. The summed E-state index contributed by atoms with van der Waals surface area (Å²) in [6, 6.07) is 4.80. The Balaban J connectivity index is 2.71. The predicted molar refractivity (Wildman–Crippen MR) is 73.9 cm³/mol. The number of amides is 1. The van der Waals surface area contributed by atoms with Gasteiger partial charge in [-0.3, -0.25) is 4.79 Å². The molecule has 3 nitrogen and oxygen atoms in total. The summed E-state index contributed by atoms with van der Waals surface area (Å²) in [4.78, 5) is 11.8. The minimum atomic E-state index is -4.40. The second kappa shape index (κ2) is 6.69. The van der Waals surface area contributed by atoms with E-state index < -0.39 is 17.7 Å². The number of hydrogen-bond donors (Lipinski definition) is 2. The Bertz CT molecular complexity index is 503. The Morgan fingerprint density at radius 3 is 2.60 bits per heavy atom. The molecular weight excluding hydrogens is 289 g/mol. The number of carbonyl (C=O) groups excluding carboxylic acids is 1. The van der Waals surface area contributed by atoms with Gasteiger partial charge in [-0.15, -0.1) is 0 Å². The van der Waals surface area contributed by atoms with Gasteiger partial charge in [0.15, 0.2) is 0 Å². The van der Waals surface area contributed by atoms with Crippen molar-refractivity contribution in [1.29, 1.82) is 0 Å². The maximum Gasteiger partial charge on any atom is 0.416 e. The lowest BCUT2D eigenvalue weighted by molar-refractivity contribution is -0.137. The van der Waals surface area contributed by atoms with E-state index in [-0.39, 0.29) is 17.4 Å². The van der Waals surface area contributed by atoms with Gasteiger partial charge < -0.3 is 11.1 Å². The van der Waals surface area contributed by atoms with Gasteiger partial charge in [0.1, 0.15) is 0 Å². The van der Waals surface area contributed by atoms with Crippen LogP contribution in [0.1, 0.15) is 24.5 Å². The van der Waals surface area contributed by atoms with Crippen molar-refractivity contribution < 1.29 is 18.0 Å². The Kier molecular flexibility index (Phi) is 5.50. The lowest BCUT2D eigenvalue weighted by atomic mass is 10.1. The molecule has 7 heteroatoms. The number of thiocarbonyl (C=S) groups is 1. The smallest absolute Gasteiger partial charge is 0.393 e. The van der Waals surface area contributed by atoms with Gasteiger partial charge in [-0.1, -0.05) is 31.3 Å². The van der Waals surface area contributed by atoms with Gasteiger partial charge in [-0.2, -0.15) is 13.2 Å². The van der Waals surface area contributed by atoms with Crippen molar-refractivity contribution in [3.63, 3.8) is 0 Å². The first-order valence-corrected chi connectivity index (χ1v) is 6.39. The molecule has 0 aliphatic rings. The standard InChI is InChI=1S/C13H15F3N2OS/c1-2-10(11(17)20)12(19)18-7-8-4-3-5-9(6-8)13(14,15)16/h3-6,10H,2,7H2,1H3,(H2,17,20)(H,18,19). The van der Waals surface area contributed by atoms with Gasteiger partial charge >= 0.3 is 6.18 Å². The van der Waals surface area contributed by atoms with Gasteiger partial charge in [0.2, 0.25) is 5.91 Å². The fourth-order valence-electron chi connectivity index (χ4n) is 1.69. The molecular formula is C13H15F3N2OS. The zero-order valence-corrected chi connectivity index (χ0v) is 11.6. The predicted octanol–water partition coefficient (Wildman–Crippen LogP) is 2.63. The molecule has 0 saturated carbocycles. The molecule has 1 aromatic rings. The van der Waals surface area contributed by atoms with Crippen molar-refractivity contribution in [1.82, 2.24) is 5.32 Å². The van der Waals surface area contributed by atoms with E-state index in [0.29, 0.717) is 12.0 Å². The van der Waals surface area contributed by atoms with E-state index in [0.717, 1.165) is 12.1 Å². The van der Waals surface area contributed by atoms with E-state index in [2.05, 4.69) is 5.32 Å². The highest BCUT2D eigenvalue weighted by Crippen LogP contribution is 2.29. The summed E-state index contributed by atoms with van der Waals surface area (Å²) in [5, 5.41) is 2.54. The first kappa shape index (κ1) is 16.4. The van der Waals surface area contributed by atoms with Crippen LogP contribution in [0.4, 0.5) is 13.2 Å². The van der Waals surface area contributed by atoms with Crippen LogP contribution in [0.15, 0.2) is 24.3 Å². The molecule has 3 N–H and O–H groups in total. The monoisotopic (exact) mass is 304 g/mol. The number of halogens is 3. The molecule has 0 saturated heterocycles. The lowest BCUT2D eigenvalue weighted by Gasteiger charge is -2.14. The Labute approximate surface area is 120 Å². The molecule has 110 valence electrons. The van der Waals surface area contributed by atoms with Crippen molar-refractivity contribution in [3.05, 3.63) is 35.4 Å². The number of hydrogen-bond acceptors (Lipinski definition) is 2. The van der Waals surface area contributed by atoms with E-state index in [1.54, 1.807) is 6.92 Å². The highest BCUT2D eigenvalue weighted by atomic mass is 32.1. The van der Waals surface area contributed by atoms with Crippen LogP contribution in [0.3, 0.4) is 0 Å². The summed E-state index contributed by atoms with van der Waals surface area (Å²) in [6.45, 7) is 1.76. The van der Waals surface area contributed by atoms with Gasteiger partial charge in [0, 0.05) is 6.54 Å². The van der Waals surface area contributed by atoms with Crippen LogP contribution in [0.5, 0.6) is 0 Å². The minimum Gasteiger partial charge on any atom is -0.393 e. The summed E-state index contributed by atoms with van der Waals surface area (Å²) < 4.78 is 37.6. The van der Waals surface area contributed by atoms with Crippen LogP contribution >= 0.6 is 12.2 Å². The summed E-state index contributed by atoms with van der Waals surface area (Å²) in [7, 11) is 0. The fourth-order valence-corrected chi connectivity index (χ4v) is 1.96. The van der Waals surface area contributed by atoms with Crippen molar-refractivity contribution >= 4 is 23.1 Å². The maximum atomic E-state index is 12.5. The second-order valence-electron chi connectivity index (χ2n) is 4.28. The van der Waals surface area contributed by atoms with Gasteiger partial charge in [-0.05, 0) is 24.1 Å². The van der Waals surface area contributed by atoms with Crippen LogP contribution < -0.4 is 11.1 Å². The first-order valence-electron chi connectivity index (χ1n) is 5.99. The molecule has 1 amide bonds. The van der Waals surface area contributed by atoms with Crippen LogP contribution in [0, 0.1) is 5.92 Å². The third-order valence-electron chi connectivity index (χ3n) is 2.79. The number of alkyl halides is 3. The normalized spacial score (nSPS) is 12.8. The van der Waals surface area contributed by atoms with E-state index >= 15 is 0 Å². The molecule has 20 heavy (non-hydrogen) atoms. The minimum absolute atomic E-state index is 0.00185. The number of nitrogens with two attached hydrogens (primary N) is 1. The Morgan fingerprint density at radius 1 is 1.45 bits per heavy atom.